The van der Waals surface area contributed by atoms with E-state index in [2.05, 4.69) is 26.8 Å². The van der Waals surface area contributed by atoms with Crippen LogP contribution in [-0.4, -0.2) is 29.6 Å². The van der Waals surface area contributed by atoms with Gasteiger partial charge in [-0.25, -0.2) is 0 Å². The fourth-order valence-corrected chi connectivity index (χ4v) is 7.49. The van der Waals surface area contributed by atoms with Crippen molar-refractivity contribution in [1.29, 1.82) is 0 Å². The molecular formula is C27H44O4. The second-order valence-corrected chi connectivity index (χ2v) is 11.2. The quantitative estimate of drug-likeness (QED) is 0.446. The summed E-state index contributed by atoms with van der Waals surface area (Å²) in [7, 11) is 0. The van der Waals surface area contributed by atoms with Crippen LogP contribution in [-0.2, 0) is 14.3 Å². The predicted octanol–water partition coefficient (Wildman–Crippen LogP) is 5.86. The van der Waals surface area contributed by atoms with Crippen molar-refractivity contribution in [3.05, 3.63) is 11.6 Å². The number of Topliss-reactive ketones (excluding diaryl/α,β-unsaturated/α-hetero) is 1. The second-order valence-electron chi connectivity index (χ2n) is 11.2. The van der Waals surface area contributed by atoms with E-state index in [4.69, 9.17) is 4.74 Å². The van der Waals surface area contributed by atoms with Gasteiger partial charge in [0.2, 0.25) is 0 Å². The topological polar surface area (TPSA) is 63.6 Å². The summed E-state index contributed by atoms with van der Waals surface area (Å²) in [5.41, 5.74) is 1.38. The molecule has 0 unspecified atom stereocenters. The number of fused-ring (bicyclic) bond motifs is 5. The number of ether oxygens (including phenoxy) is 1. The first-order chi connectivity index (χ1) is 14.6. The summed E-state index contributed by atoms with van der Waals surface area (Å²) >= 11 is 0. The first kappa shape index (κ1) is 24.5. The Kier molecular flexibility index (Phi) is 7.71. The minimum absolute atomic E-state index is 0.0887. The number of esters is 1. The molecule has 0 spiro atoms. The summed E-state index contributed by atoms with van der Waals surface area (Å²) in [6.07, 6.45) is 13.4. The third kappa shape index (κ3) is 4.79. The number of carbonyl (C=O) groups is 2. The molecule has 4 rings (SSSR count). The van der Waals surface area contributed by atoms with Gasteiger partial charge in [0.1, 0.15) is 0 Å². The number of ketones is 1. The van der Waals surface area contributed by atoms with Crippen LogP contribution in [0.1, 0.15) is 98.8 Å². The molecular weight excluding hydrogens is 388 g/mol. The Morgan fingerprint density at radius 2 is 1.87 bits per heavy atom. The van der Waals surface area contributed by atoms with Crippen molar-refractivity contribution in [2.24, 2.45) is 34.5 Å². The van der Waals surface area contributed by atoms with Gasteiger partial charge in [0.25, 0.3) is 0 Å². The highest BCUT2D eigenvalue weighted by Crippen LogP contribution is 2.65. The molecule has 176 valence electrons. The Hall–Kier alpha value is -1.16. The summed E-state index contributed by atoms with van der Waals surface area (Å²) in [6, 6.07) is 0. The molecule has 4 nitrogen and oxygen atoms in total. The summed E-state index contributed by atoms with van der Waals surface area (Å²) in [5, 5.41) is 10.5. The maximum atomic E-state index is 12.1. The standard InChI is InChI=1S/C20H30O2.C7H14O2/c1-12-11-20(3)13(10-17(12)21)4-5-14-15-6-7-18(22)19(15,2)9-8-16(14)20;1-3-4-5-6-9-7(2)8/h11,13-16,18,22H,4-10H2,1-3H3;3-6H2,1-2H3/t13-,14-,15-,16-,18-,19-,20-;/m0./s1. The Bertz CT molecular complexity index is 697. The number of hydrogen-bond donors (Lipinski definition) is 1. The van der Waals surface area contributed by atoms with Crippen molar-refractivity contribution in [3.63, 3.8) is 0 Å². The number of aliphatic hydroxyl groups excluding tert-OH is 1. The Morgan fingerprint density at radius 3 is 2.55 bits per heavy atom. The highest BCUT2D eigenvalue weighted by atomic mass is 16.5. The molecule has 4 heteroatoms. The van der Waals surface area contributed by atoms with Gasteiger partial charge >= 0.3 is 5.97 Å². The third-order valence-electron chi connectivity index (χ3n) is 9.37. The predicted molar refractivity (Wildman–Crippen MR) is 123 cm³/mol. The first-order valence-electron chi connectivity index (χ1n) is 12.7. The molecule has 1 N–H and O–H groups in total. The maximum Gasteiger partial charge on any atom is 0.302 e. The van der Waals surface area contributed by atoms with E-state index in [1.807, 2.05) is 6.92 Å². The van der Waals surface area contributed by atoms with Gasteiger partial charge in [0.05, 0.1) is 12.7 Å². The van der Waals surface area contributed by atoms with Gasteiger partial charge in [-0.3, -0.25) is 9.59 Å². The van der Waals surface area contributed by atoms with Crippen LogP contribution in [0.4, 0.5) is 0 Å². The highest BCUT2D eigenvalue weighted by Gasteiger charge is 2.59. The molecule has 0 saturated heterocycles. The molecule has 4 aliphatic rings. The van der Waals surface area contributed by atoms with Gasteiger partial charge in [0.15, 0.2) is 5.78 Å². The highest BCUT2D eigenvalue weighted by molar-refractivity contribution is 5.96. The van der Waals surface area contributed by atoms with E-state index >= 15 is 0 Å². The molecule has 3 fully saturated rings. The molecule has 0 aromatic carbocycles. The average Bonchev–Trinajstić information content (AvgIpc) is 3.02. The summed E-state index contributed by atoms with van der Waals surface area (Å²) in [6.45, 7) is 10.9. The van der Waals surface area contributed by atoms with E-state index in [9.17, 15) is 14.7 Å². The molecule has 31 heavy (non-hydrogen) atoms. The first-order valence-corrected chi connectivity index (χ1v) is 12.7. The molecule has 0 radical (unpaired) electrons. The lowest BCUT2D eigenvalue weighted by Gasteiger charge is -2.58. The van der Waals surface area contributed by atoms with E-state index in [0.29, 0.717) is 24.2 Å². The zero-order valence-electron chi connectivity index (χ0n) is 20.4. The van der Waals surface area contributed by atoms with Crippen molar-refractivity contribution < 1.29 is 19.4 Å². The molecule has 4 aliphatic carbocycles. The van der Waals surface area contributed by atoms with Crippen molar-refractivity contribution in [3.8, 4) is 0 Å². The van der Waals surface area contributed by atoms with Crippen molar-refractivity contribution >= 4 is 11.8 Å². The van der Waals surface area contributed by atoms with Crippen molar-refractivity contribution in [1.82, 2.24) is 0 Å². The normalized spacial score (nSPS) is 41.2. The van der Waals surface area contributed by atoms with Crippen LogP contribution in [0, 0.1) is 34.5 Å². The van der Waals surface area contributed by atoms with Gasteiger partial charge in [-0.2, -0.15) is 0 Å². The minimum atomic E-state index is -0.175. The Labute approximate surface area is 189 Å². The van der Waals surface area contributed by atoms with E-state index < -0.39 is 0 Å². The second kappa shape index (κ2) is 9.77. The number of rotatable bonds is 4. The van der Waals surface area contributed by atoms with E-state index in [-0.39, 0.29) is 22.9 Å². The number of carbonyl (C=O) groups excluding carboxylic acids is 2. The molecule has 0 bridgehead atoms. The summed E-state index contributed by atoms with van der Waals surface area (Å²) in [5.74, 6) is 2.93. The molecule has 0 heterocycles. The van der Waals surface area contributed by atoms with Crippen LogP contribution in [0.25, 0.3) is 0 Å². The molecule has 0 aromatic heterocycles. The Morgan fingerprint density at radius 1 is 1.13 bits per heavy atom. The monoisotopic (exact) mass is 432 g/mol. The third-order valence-corrected chi connectivity index (χ3v) is 9.37. The van der Waals surface area contributed by atoms with Crippen LogP contribution in [0.2, 0.25) is 0 Å². The van der Waals surface area contributed by atoms with E-state index in [1.54, 1.807) is 0 Å². The SMILES string of the molecule is CC1=C[C@@]2(C)[C@@H](CC[C@@H]3[C@@H]2CC[C@]2(C)[C@@H](O)CC[C@@H]32)CC1=O.CCCCCOC(C)=O. The summed E-state index contributed by atoms with van der Waals surface area (Å²) in [4.78, 5) is 22.3. The maximum absolute atomic E-state index is 12.1. The zero-order valence-corrected chi connectivity index (χ0v) is 20.4. The Balaban J connectivity index is 0.000000259. The van der Waals surface area contributed by atoms with E-state index in [1.165, 1.54) is 45.4 Å². The smallest absolute Gasteiger partial charge is 0.302 e. The van der Waals surface area contributed by atoms with Gasteiger partial charge in [0, 0.05) is 13.3 Å². The van der Waals surface area contributed by atoms with Gasteiger partial charge in [-0.1, -0.05) is 39.7 Å². The largest absolute Gasteiger partial charge is 0.466 e. The lowest BCUT2D eigenvalue weighted by molar-refractivity contribution is -0.141. The molecule has 0 amide bonds. The van der Waals surface area contributed by atoms with Crippen molar-refractivity contribution in [2.45, 2.75) is 105 Å². The molecule has 3 saturated carbocycles. The van der Waals surface area contributed by atoms with Gasteiger partial charge in [-0.15, -0.1) is 0 Å². The van der Waals surface area contributed by atoms with Crippen LogP contribution in [0.3, 0.4) is 0 Å². The van der Waals surface area contributed by atoms with Crippen molar-refractivity contribution in [2.75, 3.05) is 6.61 Å². The fraction of sp³-hybridized carbons (Fsp3) is 0.852. The lowest BCUT2D eigenvalue weighted by atomic mass is 9.46. The van der Waals surface area contributed by atoms with Crippen LogP contribution in [0.5, 0.6) is 0 Å². The zero-order chi connectivity index (χ0) is 22.8. The van der Waals surface area contributed by atoms with Gasteiger partial charge < -0.3 is 9.84 Å². The molecule has 0 aliphatic heterocycles. The van der Waals surface area contributed by atoms with Crippen LogP contribution in [0.15, 0.2) is 11.6 Å². The number of aliphatic hydroxyl groups is 1. The lowest BCUT2D eigenvalue weighted by Crippen LogP contribution is -2.53. The molecule has 0 aromatic rings. The summed E-state index contributed by atoms with van der Waals surface area (Å²) < 4.78 is 4.70. The molecule has 7 atom stereocenters. The van der Waals surface area contributed by atoms with Crippen LogP contribution < -0.4 is 0 Å². The van der Waals surface area contributed by atoms with Crippen LogP contribution >= 0.6 is 0 Å². The number of unbranched alkanes of at least 4 members (excludes halogenated alkanes) is 2. The average molecular weight is 433 g/mol. The number of allylic oxidation sites excluding steroid dienone is 2. The van der Waals surface area contributed by atoms with Gasteiger partial charge in [-0.05, 0) is 91.9 Å². The minimum Gasteiger partial charge on any atom is -0.466 e. The fourth-order valence-electron chi connectivity index (χ4n) is 7.49. The van der Waals surface area contributed by atoms with E-state index in [0.717, 1.165) is 43.1 Å². The number of hydrogen-bond acceptors (Lipinski definition) is 4.